The minimum Gasteiger partial charge on any atom is -0.481 e. The van der Waals surface area contributed by atoms with E-state index in [4.69, 9.17) is 4.74 Å². The average Bonchev–Trinajstić information content (AvgIpc) is 3.27. The molecular formula is C25H28N2O5. The molecule has 1 aliphatic heterocycles. The first-order valence-corrected chi connectivity index (χ1v) is 10.9. The van der Waals surface area contributed by atoms with Crippen molar-refractivity contribution in [3.63, 3.8) is 0 Å². The largest absolute Gasteiger partial charge is 0.481 e. The summed E-state index contributed by atoms with van der Waals surface area (Å²) < 4.78 is 5.51. The van der Waals surface area contributed by atoms with E-state index in [2.05, 4.69) is 17.4 Å². The molecule has 2 aromatic carbocycles. The lowest BCUT2D eigenvalue weighted by atomic mass is 9.81. The Kier molecular flexibility index (Phi) is 5.67. The van der Waals surface area contributed by atoms with Crippen molar-refractivity contribution in [1.29, 1.82) is 0 Å². The minimum atomic E-state index is -0.987. The predicted molar refractivity (Wildman–Crippen MR) is 119 cm³/mol. The fraction of sp³-hybridized carbons (Fsp3) is 0.400. The summed E-state index contributed by atoms with van der Waals surface area (Å²) in [6, 6.07) is 15.3. The third-order valence-corrected chi connectivity index (χ3v) is 6.95. The van der Waals surface area contributed by atoms with Gasteiger partial charge >= 0.3 is 12.1 Å². The Morgan fingerprint density at radius 2 is 1.69 bits per heavy atom. The summed E-state index contributed by atoms with van der Waals surface area (Å²) in [6.07, 6.45) is -0.666. The Morgan fingerprint density at radius 1 is 1.12 bits per heavy atom. The molecule has 3 atom stereocenters. The zero-order valence-corrected chi connectivity index (χ0v) is 18.5. The number of nitrogens with zero attached hydrogens (tertiary/aromatic N) is 1. The van der Waals surface area contributed by atoms with Gasteiger partial charge in [0.05, 0.1) is 5.41 Å². The SMILES string of the molecule is C[C@H](NC(=O)OCC1c2ccccc2-c2ccccc21)C(=O)N1C[C@H](C)[C@@](C)(C(=O)O)C1. The van der Waals surface area contributed by atoms with Crippen LogP contribution in [0, 0.1) is 11.3 Å². The van der Waals surface area contributed by atoms with Gasteiger partial charge in [-0.2, -0.15) is 0 Å². The molecule has 0 bridgehead atoms. The van der Waals surface area contributed by atoms with Gasteiger partial charge in [-0.1, -0.05) is 55.5 Å². The predicted octanol–water partition coefficient (Wildman–Crippen LogP) is 3.48. The molecule has 7 heteroatoms. The van der Waals surface area contributed by atoms with E-state index in [9.17, 15) is 19.5 Å². The Balaban J connectivity index is 1.37. The standard InChI is InChI=1S/C25H28N2O5/c1-15-12-27(14-25(15,3)23(29)30)22(28)16(2)26-24(31)32-13-21-19-10-6-4-8-17(19)18-9-5-7-11-20(18)21/h4-11,15-16,21H,12-14H2,1-3H3,(H,26,31)(H,29,30)/t15-,16-,25-/m0/s1. The number of benzene rings is 2. The third-order valence-electron chi connectivity index (χ3n) is 6.95. The van der Waals surface area contributed by atoms with Crippen LogP contribution in [0.3, 0.4) is 0 Å². The van der Waals surface area contributed by atoms with E-state index in [0.29, 0.717) is 6.54 Å². The molecule has 1 fully saturated rings. The summed E-state index contributed by atoms with van der Waals surface area (Å²) in [5.74, 6) is -1.46. The molecule has 1 heterocycles. The van der Waals surface area contributed by atoms with Crippen LogP contribution in [-0.2, 0) is 14.3 Å². The number of carboxylic acid groups (broad SMARTS) is 1. The molecule has 0 saturated carbocycles. The van der Waals surface area contributed by atoms with Gasteiger partial charge in [0, 0.05) is 19.0 Å². The first-order chi connectivity index (χ1) is 15.2. The Hall–Kier alpha value is -3.35. The normalized spacial score (nSPS) is 22.7. The molecule has 2 aliphatic rings. The number of aliphatic carboxylic acids is 1. The molecule has 168 valence electrons. The lowest BCUT2D eigenvalue weighted by Gasteiger charge is -2.24. The van der Waals surface area contributed by atoms with E-state index in [1.54, 1.807) is 13.8 Å². The molecule has 0 radical (unpaired) electrons. The number of nitrogens with one attached hydrogen (secondary N) is 1. The van der Waals surface area contributed by atoms with Gasteiger partial charge in [0.1, 0.15) is 12.6 Å². The van der Waals surface area contributed by atoms with Crippen molar-refractivity contribution in [2.75, 3.05) is 19.7 Å². The highest BCUT2D eigenvalue weighted by atomic mass is 16.5. The Bertz CT molecular complexity index is 1020. The summed E-state index contributed by atoms with van der Waals surface area (Å²) >= 11 is 0. The fourth-order valence-electron chi connectivity index (χ4n) is 4.75. The maximum absolute atomic E-state index is 12.8. The van der Waals surface area contributed by atoms with Gasteiger partial charge in [0.15, 0.2) is 0 Å². The maximum Gasteiger partial charge on any atom is 0.407 e. The number of likely N-dealkylation sites (tertiary alicyclic amines) is 1. The van der Waals surface area contributed by atoms with E-state index in [-0.39, 0.29) is 30.9 Å². The molecule has 1 aliphatic carbocycles. The van der Waals surface area contributed by atoms with Gasteiger partial charge in [-0.05, 0) is 42.0 Å². The van der Waals surface area contributed by atoms with Crippen LogP contribution in [0.1, 0.15) is 37.8 Å². The van der Waals surface area contributed by atoms with Crippen LogP contribution in [0.4, 0.5) is 4.79 Å². The van der Waals surface area contributed by atoms with Crippen molar-refractivity contribution in [3.05, 3.63) is 59.7 Å². The van der Waals surface area contributed by atoms with Crippen LogP contribution in [0.15, 0.2) is 48.5 Å². The monoisotopic (exact) mass is 436 g/mol. The molecule has 0 unspecified atom stereocenters. The molecule has 2 amide bonds. The second-order valence-corrected chi connectivity index (χ2v) is 9.03. The number of ether oxygens (including phenoxy) is 1. The molecule has 32 heavy (non-hydrogen) atoms. The fourth-order valence-corrected chi connectivity index (χ4v) is 4.75. The molecular weight excluding hydrogens is 408 g/mol. The van der Waals surface area contributed by atoms with Gasteiger partial charge in [0.2, 0.25) is 5.91 Å². The number of alkyl carbamates (subject to hydrolysis) is 1. The second-order valence-electron chi connectivity index (χ2n) is 9.03. The van der Waals surface area contributed by atoms with Crippen molar-refractivity contribution in [3.8, 4) is 11.1 Å². The summed E-state index contributed by atoms with van der Waals surface area (Å²) in [6.45, 7) is 5.70. The van der Waals surface area contributed by atoms with Crippen LogP contribution >= 0.6 is 0 Å². The molecule has 2 aromatic rings. The summed E-state index contributed by atoms with van der Waals surface area (Å²) in [5.41, 5.74) is 3.53. The number of fused-ring (bicyclic) bond motifs is 3. The van der Waals surface area contributed by atoms with Gasteiger partial charge in [-0.3, -0.25) is 9.59 Å². The highest BCUT2D eigenvalue weighted by Gasteiger charge is 2.48. The summed E-state index contributed by atoms with van der Waals surface area (Å²) in [7, 11) is 0. The maximum atomic E-state index is 12.8. The number of carbonyl (C=O) groups is 3. The number of carbonyl (C=O) groups excluding carboxylic acids is 2. The van der Waals surface area contributed by atoms with Crippen molar-refractivity contribution in [2.24, 2.45) is 11.3 Å². The number of rotatable bonds is 5. The number of hydrogen-bond donors (Lipinski definition) is 2. The van der Waals surface area contributed by atoms with E-state index in [1.165, 1.54) is 4.90 Å². The van der Waals surface area contributed by atoms with Gasteiger partial charge in [-0.25, -0.2) is 4.79 Å². The molecule has 1 saturated heterocycles. The zero-order chi connectivity index (χ0) is 23.0. The summed E-state index contributed by atoms with van der Waals surface area (Å²) in [5, 5.41) is 12.1. The van der Waals surface area contributed by atoms with Crippen molar-refractivity contribution >= 4 is 18.0 Å². The van der Waals surface area contributed by atoms with Crippen LogP contribution < -0.4 is 5.32 Å². The smallest absolute Gasteiger partial charge is 0.407 e. The van der Waals surface area contributed by atoms with Gasteiger partial charge in [0.25, 0.3) is 0 Å². The topological polar surface area (TPSA) is 95.9 Å². The van der Waals surface area contributed by atoms with Crippen molar-refractivity contribution in [1.82, 2.24) is 10.2 Å². The van der Waals surface area contributed by atoms with Gasteiger partial charge in [-0.15, -0.1) is 0 Å². The molecule has 0 aromatic heterocycles. The first kappa shape index (κ1) is 21.9. The van der Waals surface area contributed by atoms with E-state index < -0.39 is 23.5 Å². The second kappa shape index (κ2) is 8.30. The molecule has 7 nitrogen and oxygen atoms in total. The van der Waals surface area contributed by atoms with Gasteiger partial charge < -0.3 is 20.1 Å². The van der Waals surface area contributed by atoms with Crippen LogP contribution in [0.5, 0.6) is 0 Å². The van der Waals surface area contributed by atoms with E-state index in [1.807, 2.05) is 43.3 Å². The molecule has 2 N–H and O–H groups in total. The number of carboxylic acids is 1. The van der Waals surface area contributed by atoms with Crippen LogP contribution in [0.25, 0.3) is 11.1 Å². The molecule has 0 spiro atoms. The number of hydrogen-bond acceptors (Lipinski definition) is 4. The van der Waals surface area contributed by atoms with Crippen molar-refractivity contribution < 1.29 is 24.2 Å². The zero-order valence-electron chi connectivity index (χ0n) is 18.5. The lowest BCUT2D eigenvalue weighted by Crippen LogP contribution is -2.47. The lowest BCUT2D eigenvalue weighted by molar-refractivity contribution is -0.149. The van der Waals surface area contributed by atoms with Crippen LogP contribution in [-0.4, -0.2) is 53.7 Å². The average molecular weight is 437 g/mol. The van der Waals surface area contributed by atoms with Crippen LogP contribution in [0.2, 0.25) is 0 Å². The third kappa shape index (κ3) is 3.72. The van der Waals surface area contributed by atoms with E-state index in [0.717, 1.165) is 22.3 Å². The quantitative estimate of drug-likeness (QED) is 0.748. The minimum absolute atomic E-state index is 0.0603. The highest BCUT2D eigenvalue weighted by molar-refractivity contribution is 5.87. The Morgan fingerprint density at radius 3 is 2.22 bits per heavy atom. The first-order valence-electron chi connectivity index (χ1n) is 10.9. The number of amides is 2. The van der Waals surface area contributed by atoms with Crippen molar-refractivity contribution in [2.45, 2.75) is 32.7 Å². The molecule has 4 rings (SSSR count). The Labute approximate surface area is 187 Å². The summed E-state index contributed by atoms with van der Waals surface area (Å²) in [4.78, 5) is 38.4. The van der Waals surface area contributed by atoms with E-state index >= 15 is 0 Å². The highest BCUT2D eigenvalue weighted by Crippen LogP contribution is 2.44.